The molecular formula is C22H14Cl2FN3O2. The number of nitrogens with zero attached hydrogens (tertiary/aromatic N) is 2. The number of halogens is 3. The second kappa shape index (κ2) is 8.26. The summed E-state index contributed by atoms with van der Waals surface area (Å²) in [4.78, 5) is 30.3. The van der Waals surface area contributed by atoms with Gasteiger partial charge in [-0.1, -0.05) is 35.3 Å². The predicted octanol–water partition coefficient (Wildman–Crippen LogP) is 5.14. The molecule has 0 aliphatic rings. The first kappa shape index (κ1) is 20.1. The summed E-state index contributed by atoms with van der Waals surface area (Å²) < 4.78 is 14.8. The summed E-state index contributed by atoms with van der Waals surface area (Å²) >= 11 is 11.7. The molecule has 4 rings (SSSR count). The Morgan fingerprint density at radius 2 is 1.83 bits per heavy atom. The molecule has 2 heterocycles. The molecule has 0 aliphatic carbocycles. The van der Waals surface area contributed by atoms with Gasteiger partial charge in [-0.25, -0.2) is 9.37 Å². The Morgan fingerprint density at radius 3 is 2.57 bits per heavy atom. The average Bonchev–Trinajstić information content (AvgIpc) is 2.74. The SMILES string of the molecule is O=C(Nc1ccc(F)c(Cl)c1)c1cc2cccnc2n(Cc2ccc(Cl)cc2)c1=O. The van der Waals surface area contributed by atoms with E-state index >= 15 is 0 Å². The maximum Gasteiger partial charge on any atom is 0.265 e. The third kappa shape index (κ3) is 4.06. The molecule has 0 saturated carbocycles. The number of hydrogen-bond donors (Lipinski definition) is 1. The molecule has 2 aromatic carbocycles. The summed E-state index contributed by atoms with van der Waals surface area (Å²) in [6, 6.07) is 15.8. The van der Waals surface area contributed by atoms with Gasteiger partial charge < -0.3 is 5.32 Å². The Balaban J connectivity index is 1.77. The first-order chi connectivity index (χ1) is 14.4. The number of carbonyl (C=O) groups is 1. The van der Waals surface area contributed by atoms with Crippen molar-refractivity contribution in [2.45, 2.75) is 6.54 Å². The van der Waals surface area contributed by atoms with E-state index in [0.29, 0.717) is 16.1 Å². The summed E-state index contributed by atoms with van der Waals surface area (Å²) in [5.74, 6) is -1.23. The van der Waals surface area contributed by atoms with Gasteiger partial charge in [-0.05, 0) is 54.1 Å². The number of nitrogens with one attached hydrogen (secondary N) is 1. The summed E-state index contributed by atoms with van der Waals surface area (Å²) in [5, 5.41) is 3.68. The van der Waals surface area contributed by atoms with E-state index in [2.05, 4.69) is 10.3 Å². The Labute approximate surface area is 180 Å². The number of hydrogen-bond acceptors (Lipinski definition) is 3. The maximum absolute atomic E-state index is 13.4. The van der Waals surface area contributed by atoms with Gasteiger partial charge >= 0.3 is 0 Å². The number of carbonyl (C=O) groups excluding carboxylic acids is 1. The van der Waals surface area contributed by atoms with Crippen LogP contribution in [0, 0.1) is 5.82 Å². The maximum atomic E-state index is 13.4. The largest absolute Gasteiger partial charge is 0.322 e. The van der Waals surface area contributed by atoms with Crippen LogP contribution in [0.4, 0.5) is 10.1 Å². The monoisotopic (exact) mass is 441 g/mol. The fraction of sp³-hybridized carbons (Fsp3) is 0.0455. The van der Waals surface area contributed by atoms with E-state index in [1.165, 1.54) is 22.8 Å². The molecule has 0 spiro atoms. The van der Waals surface area contributed by atoms with Crippen molar-refractivity contribution < 1.29 is 9.18 Å². The Morgan fingerprint density at radius 1 is 1.07 bits per heavy atom. The second-order valence-corrected chi connectivity index (χ2v) is 7.42. The van der Waals surface area contributed by atoms with Crippen LogP contribution in [-0.2, 0) is 6.54 Å². The Hall–Kier alpha value is -3.22. The first-order valence-corrected chi connectivity index (χ1v) is 9.67. The minimum atomic E-state index is -0.627. The van der Waals surface area contributed by atoms with Crippen molar-refractivity contribution in [3.8, 4) is 0 Å². The number of pyridine rings is 2. The van der Waals surface area contributed by atoms with Crippen molar-refractivity contribution in [2.24, 2.45) is 0 Å². The molecule has 5 nitrogen and oxygen atoms in total. The Bertz CT molecular complexity index is 1320. The number of fused-ring (bicyclic) bond motifs is 1. The summed E-state index contributed by atoms with van der Waals surface area (Å²) in [6.45, 7) is 0.215. The van der Waals surface area contributed by atoms with Gasteiger partial charge in [0, 0.05) is 22.3 Å². The zero-order valence-electron chi connectivity index (χ0n) is 15.4. The van der Waals surface area contributed by atoms with Gasteiger partial charge in [0.25, 0.3) is 11.5 Å². The first-order valence-electron chi connectivity index (χ1n) is 8.92. The van der Waals surface area contributed by atoms with Crippen molar-refractivity contribution in [3.05, 3.63) is 104 Å². The van der Waals surface area contributed by atoms with Gasteiger partial charge in [-0.2, -0.15) is 0 Å². The van der Waals surface area contributed by atoms with Crippen LogP contribution < -0.4 is 10.9 Å². The molecule has 8 heteroatoms. The van der Waals surface area contributed by atoms with E-state index in [4.69, 9.17) is 23.2 Å². The molecule has 0 aliphatic heterocycles. The summed E-state index contributed by atoms with van der Waals surface area (Å²) in [7, 11) is 0. The molecular weight excluding hydrogens is 428 g/mol. The number of aromatic nitrogens is 2. The molecule has 150 valence electrons. The lowest BCUT2D eigenvalue weighted by Crippen LogP contribution is -2.30. The number of anilines is 1. The molecule has 1 N–H and O–H groups in total. The van der Waals surface area contributed by atoms with Crippen molar-refractivity contribution in [1.82, 2.24) is 9.55 Å². The van der Waals surface area contributed by atoms with E-state index in [-0.39, 0.29) is 22.8 Å². The third-order valence-corrected chi connectivity index (χ3v) is 5.07. The van der Waals surface area contributed by atoms with Crippen LogP contribution >= 0.6 is 23.2 Å². The number of benzene rings is 2. The lowest BCUT2D eigenvalue weighted by molar-refractivity contribution is 0.102. The topological polar surface area (TPSA) is 64.0 Å². The van der Waals surface area contributed by atoms with Crippen molar-refractivity contribution in [3.63, 3.8) is 0 Å². The molecule has 4 aromatic rings. The van der Waals surface area contributed by atoms with Gasteiger partial charge in [0.05, 0.1) is 11.6 Å². The van der Waals surface area contributed by atoms with E-state index in [9.17, 15) is 14.0 Å². The molecule has 2 aromatic heterocycles. The zero-order chi connectivity index (χ0) is 21.3. The normalized spacial score (nSPS) is 10.9. The quantitative estimate of drug-likeness (QED) is 0.476. The van der Waals surface area contributed by atoms with Gasteiger partial charge in [0.15, 0.2) is 0 Å². The van der Waals surface area contributed by atoms with E-state index in [1.54, 1.807) is 42.6 Å². The minimum absolute atomic E-state index is 0.0649. The lowest BCUT2D eigenvalue weighted by atomic mass is 10.1. The van der Waals surface area contributed by atoms with E-state index in [0.717, 1.165) is 11.6 Å². The predicted molar refractivity (Wildman–Crippen MR) is 116 cm³/mol. The van der Waals surface area contributed by atoms with E-state index < -0.39 is 17.3 Å². The fourth-order valence-corrected chi connectivity index (χ4v) is 3.37. The van der Waals surface area contributed by atoms with Crippen molar-refractivity contribution in [1.29, 1.82) is 0 Å². The molecule has 0 atom stereocenters. The van der Waals surface area contributed by atoms with E-state index in [1.807, 2.05) is 0 Å². The highest BCUT2D eigenvalue weighted by Crippen LogP contribution is 2.20. The van der Waals surface area contributed by atoms with Gasteiger partial charge in [-0.15, -0.1) is 0 Å². The van der Waals surface area contributed by atoms with Gasteiger partial charge in [0.2, 0.25) is 0 Å². The number of amides is 1. The van der Waals surface area contributed by atoms with Gasteiger partial charge in [0.1, 0.15) is 17.0 Å². The molecule has 0 bridgehead atoms. The summed E-state index contributed by atoms with van der Waals surface area (Å²) in [5.41, 5.74) is 1.00. The van der Waals surface area contributed by atoms with Crippen LogP contribution in [0.25, 0.3) is 11.0 Å². The second-order valence-electron chi connectivity index (χ2n) is 6.58. The fourth-order valence-electron chi connectivity index (χ4n) is 3.06. The standard InChI is InChI=1S/C22H14Cl2FN3O2/c23-15-5-3-13(4-6-15)12-28-20-14(2-1-9-26-20)10-17(22(28)30)21(29)27-16-7-8-19(25)18(24)11-16/h1-11H,12H2,(H,27,29). The molecule has 0 radical (unpaired) electrons. The smallest absolute Gasteiger partial charge is 0.265 e. The number of rotatable bonds is 4. The van der Waals surface area contributed by atoms with Crippen molar-refractivity contribution >= 4 is 45.8 Å². The van der Waals surface area contributed by atoms with Crippen LogP contribution in [0.3, 0.4) is 0 Å². The highest BCUT2D eigenvalue weighted by molar-refractivity contribution is 6.31. The highest BCUT2D eigenvalue weighted by atomic mass is 35.5. The van der Waals surface area contributed by atoms with Crippen LogP contribution in [0.1, 0.15) is 15.9 Å². The van der Waals surface area contributed by atoms with Crippen LogP contribution in [0.15, 0.2) is 71.7 Å². The Kier molecular flexibility index (Phi) is 5.53. The van der Waals surface area contributed by atoms with Crippen LogP contribution in [-0.4, -0.2) is 15.5 Å². The molecule has 0 saturated heterocycles. The van der Waals surface area contributed by atoms with Gasteiger partial charge in [-0.3, -0.25) is 14.2 Å². The van der Waals surface area contributed by atoms with Crippen LogP contribution in [0.5, 0.6) is 0 Å². The van der Waals surface area contributed by atoms with Crippen molar-refractivity contribution in [2.75, 3.05) is 5.32 Å². The minimum Gasteiger partial charge on any atom is -0.322 e. The molecule has 30 heavy (non-hydrogen) atoms. The lowest BCUT2D eigenvalue weighted by Gasteiger charge is -2.13. The highest BCUT2D eigenvalue weighted by Gasteiger charge is 2.17. The average molecular weight is 442 g/mol. The molecule has 1 amide bonds. The molecule has 0 unspecified atom stereocenters. The summed E-state index contributed by atoms with van der Waals surface area (Å²) in [6.07, 6.45) is 1.58. The molecule has 0 fully saturated rings. The zero-order valence-corrected chi connectivity index (χ0v) is 16.9. The third-order valence-electron chi connectivity index (χ3n) is 4.52. The van der Waals surface area contributed by atoms with Crippen LogP contribution in [0.2, 0.25) is 10.0 Å².